The first kappa shape index (κ1) is 12.3. The molecule has 0 aromatic rings. The molecule has 84 valence electrons. The third kappa shape index (κ3) is 4.64. The Bertz CT molecular complexity index is 172. The maximum absolute atomic E-state index is 11.8. The van der Waals surface area contributed by atoms with Crippen molar-refractivity contribution in [2.75, 3.05) is 6.61 Å². The zero-order valence-electron chi connectivity index (χ0n) is 7.82. The molecule has 0 amide bonds. The van der Waals surface area contributed by atoms with E-state index in [1.54, 1.807) is 0 Å². The Kier molecular flexibility index (Phi) is 4.70. The van der Waals surface area contributed by atoms with E-state index in [4.69, 9.17) is 4.74 Å². The number of hydrogen-bond donors (Lipinski definition) is 0. The first-order valence-corrected chi connectivity index (χ1v) is 5.73. The van der Waals surface area contributed by atoms with E-state index < -0.39 is 12.6 Å². The second kappa shape index (κ2) is 5.35. The Morgan fingerprint density at radius 3 is 2.50 bits per heavy atom. The molecule has 1 aliphatic carbocycles. The van der Waals surface area contributed by atoms with Gasteiger partial charge in [-0.2, -0.15) is 13.2 Å². The van der Waals surface area contributed by atoms with Crippen molar-refractivity contribution < 1.29 is 17.9 Å². The van der Waals surface area contributed by atoms with E-state index in [9.17, 15) is 13.2 Å². The van der Waals surface area contributed by atoms with Crippen LogP contribution in [0.1, 0.15) is 32.1 Å². The standard InChI is InChI=1S/C9H14BrF3O/c10-7-3-1-4-8(7)14-6-2-5-9(11,12)13/h7-8H,1-6H2. The van der Waals surface area contributed by atoms with Gasteiger partial charge in [-0.3, -0.25) is 0 Å². The third-order valence-electron chi connectivity index (χ3n) is 2.31. The van der Waals surface area contributed by atoms with Crippen LogP contribution in [0.25, 0.3) is 0 Å². The molecule has 2 atom stereocenters. The Morgan fingerprint density at radius 1 is 1.29 bits per heavy atom. The summed E-state index contributed by atoms with van der Waals surface area (Å²) in [4.78, 5) is 0.327. The predicted octanol–water partition coefficient (Wildman–Crippen LogP) is 3.66. The van der Waals surface area contributed by atoms with Gasteiger partial charge in [-0.25, -0.2) is 0 Å². The zero-order chi connectivity index (χ0) is 10.6. The normalized spacial score (nSPS) is 28.3. The maximum atomic E-state index is 11.8. The van der Waals surface area contributed by atoms with Gasteiger partial charge in [0.2, 0.25) is 0 Å². The lowest BCUT2D eigenvalue weighted by Crippen LogP contribution is -2.19. The first-order valence-electron chi connectivity index (χ1n) is 4.81. The monoisotopic (exact) mass is 274 g/mol. The van der Waals surface area contributed by atoms with E-state index in [0.29, 0.717) is 4.83 Å². The molecule has 1 aliphatic rings. The first-order chi connectivity index (χ1) is 6.49. The van der Waals surface area contributed by atoms with E-state index in [1.165, 1.54) is 0 Å². The highest BCUT2D eigenvalue weighted by molar-refractivity contribution is 9.09. The van der Waals surface area contributed by atoms with Crippen LogP contribution in [0.4, 0.5) is 13.2 Å². The van der Waals surface area contributed by atoms with E-state index in [2.05, 4.69) is 15.9 Å². The molecule has 0 radical (unpaired) electrons. The van der Waals surface area contributed by atoms with Gasteiger partial charge in [-0.05, 0) is 25.7 Å². The smallest absolute Gasteiger partial charge is 0.377 e. The second-order valence-corrected chi connectivity index (χ2v) is 4.75. The fraction of sp³-hybridized carbons (Fsp3) is 1.00. The van der Waals surface area contributed by atoms with Crippen molar-refractivity contribution in [3.63, 3.8) is 0 Å². The van der Waals surface area contributed by atoms with Crippen molar-refractivity contribution >= 4 is 15.9 Å². The second-order valence-electron chi connectivity index (χ2n) is 3.57. The zero-order valence-corrected chi connectivity index (χ0v) is 9.40. The molecule has 1 nitrogen and oxygen atoms in total. The molecule has 14 heavy (non-hydrogen) atoms. The maximum Gasteiger partial charge on any atom is 0.389 e. The molecular weight excluding hydrogens is 261 g/mol. The molecule has 5 heteroatoms. The summed E-state index contributed by atoms with van der Waals surface area (Å²) in [6.45, 7) is 0.215. The van der Waals surface area contributed by atoms with E-state index in [-0.39, 0.29) is 19.1 Å². The van der Waals surface area contributed by atoms with Crippen molar-refractivity contribution in [3.8, 4) is 0 Å². The largest absolute Gasteiger partial charge is 0.389 e. The number of halogens is 4. The lowest BCUT2D eigenvalue weighted by Gasteiger charge is -2.15. The van der Waals surface area contributed by atoms with Crippen molar-refractivity contribution in [2.24, 2.45) is 0 Å². The number of rotatable bonds is 4. The minimum Gasteiger partial charge on any atom is -0.377 e. The van der Waals surface area contributed by atoms with Gasteiger partial charge in [0.05, 0.1) is 6.10 Å². The van der Waals surface area contributed by atoms with Crippen molar-refractivity contribution in [1.29, 1.82) is 0 Å². The Morgan fingerprint density at radius 2 is 2.00 bits per heavy atom. The van der Waals surface area contributed by atoms with Crippen LogP contribution in [0.3, 0.4) is 0 Å². The van der Waals surface area contributed by atoms with Crippen LogP contribution in [-0.4, -0.2) is 23.7 Å². The SMILES string of the molecule is FC(F)(F)CCCOC1CCCC1Br. The van der Waals surface area contributed by atoms with Crippen molar-refractivity contribution in [2.45, 2.75) is 49.2 Å². The Balaban J connectivity index is 2.04. The Hall–Kier alpha value is 0.230. The molecule has 0 aromatic carbocycles. The van der Waals surface area contributed by atoms with Gasteiger partial charge in [0.1, 0.15) is 0 Å². The minimum atomic E-state index is -4.05. The summed E-state index contributed by atoms with van der Waals surface area (Å²) >= 11 is 3.45. The molecule has 0 saturated heterocycles. The highest BCUT2D eigenvalue weighted by Crippen LogP contribution is 2.28. The lowest BCUT2D eigenvalue weighted by molar-refractivity contribution is -0.138. The molecule has 0 spiro atoms. The molecule has 0 N–H and O–H groups in total. The van der Waals surface area contributed by atoms with Crippen LogP contribution < -0.4 is 0 Å². The number of alkyl halides is 4. The van der Waals surface area contributed by atoms with Gasteiger partial charge >= 0.3 is 6.18 Å². The van der Waals surface area contributed by atoms with Gasteiger partial charge < -0.3 is 4.74 Å². The van der Waals surface area contributed by atoms with Crippen LogP contribution in [-0.2, 0) is 4.74 Å². The number of hydrogen-bond acceptors (Lipinski definition) is 1. The molecule has 0 heterocycles. The number of ether oxygens (including phenoxy) is 1. The molecule has 1 fully saturated rings. The molecular formula is C9H14BrF3O. The minimum absolute atomic E-state index is 0.0692. The van der Waals surface area contributed by atoms with Crippen LogP contribution in [0, 0.1) is 0 Å². The molecule has 1 rings (SSSR count). The molecule has 1 saturated carbocycles. The summed E-state index contributed by atoms with van der Waals surface area (Å²) in [5.74, 6) is 0. The third-order valence-corrected chi connectivity index (χ3v) is 3.36. The summed E-state index contributed by atoms with van der Waals surface area (Å²) in [5.41, 5.74) is 0. The quantitative estimate of drug-likeness (QED) is 0.562. The van der Waals surface area contributed by atoms with Gasteiger partial charge in [0.25, 0.3) is 0 Å². The summed E-state index contributed by atoms with van der Waals surface area (Å²) in [5, 5.41) is 0. The van der Waals surface area contributed by atoms with Crippen LogP contribution in [0.5, 0.6) is 0 Å². The van der Waals surface area contributed by atoms with Crippen LogP contribution >= 0.6 is 15.9 Å². The van der Waals surface area contributed by atoms with E-state index in [0.717, 1.165) is 19.3 Å². The molecule has 2 unspecified atom stereocenters. The highest BCUT2D eigenvalue weighted by Gasteiger charge is 2.28. The summed E-state index contributed by atoms with van der Waals surface area (Å²) in [7, 11) is 0. The van der Waals surface area contributed by atoms with Crippen molar-refractivity contribution in [1.82, 2.24) is 0 Å². The summed E-state index contributed by atoms with van der Waals surface area (Å²) < 4.78 is 40.7. The highest BCUT2D eigenvalue weighted by atomic mass is 79.9. The van der Waals surface area contributed by atoms with Gasteiger partial charge in [0.15, 0.2) is 0 Å². The lowest BCUT2D eigenvalue weighted by atomic mass is 10.3. The predicted molar refractivity (Wildman–Crippen MR) is 51.6 cm³/mol. The van der Waals surface area contributed by atoms with Crippen molar-refractivity contribution in [3.05, 3.63) is 0 Å². The van der Waals surface area contributed by atoms with E-state index in [1.807, 2.05) is 0 Å². The fourth-order valence-corrected chi connectivity index (χ4v) is 2.32. The van der Waals surface area contributed by atoms with Gasteiger partial charge in [-0.15, -0.1) is 0 Å². The average molecular weight is 275 g/mol. The van der Waals surface area contributed by atoms with Crippen LogP contribution in [0.15, 0.2) is 0 Å². The Labute approximate surface area is 90.1 Å². The van der Waals surface area contributed by atoms with Gasteiger partial charge in [0, 0.05) is 17.9 Å². The van der Waals surface area contributed by atoms with E-state index >= 15 is 0 Å². The molecule has 0 aromatic heterocycles. The van der Waals surface area contributed by atoms with Crippen LogP contribution in [0.2, 0.25) is 0 Å². The summed E-state index contributed by atoms with van der Waals surface area (Å²) in [6, 6.07) is 0. The topological polar surface area (TPSA) is 9.23 Å². The average Bonchev–Trinajstić information content (AvgIpc) is 2.44. The fourth-order valence-electron chi connectivity index (χ4n) is 1.58. The van der Waals surface area contributed by atoms with Gasteiger partial charge in [-0.1, -0.05) is 15.9 Å². The molecule has 0 aliphatic heterocycles. The summed E-state index contributed by atoms with van der Waals surface area (Å²) in [6.07, 6.45) is -1.49. The molecule has 0 bridgehead atoms.